The second-order valence-electron chi connectivity index (χ2n) is 9.86. The lowest BCUT2D eigenvalue weighted by Gasteiger charge is -2.14. The fourth-order valence-electron chi connectivity index (χ4n) is 5.42. The van der Waals surface area contributed by atoms with Crippen molar-refractivity contribution >= 4 is 40.2 Å². The number of amides is 1. The van der Waals surface area contributed by atoms with Crippen LogP contribution in [-0.2, 0) is 23.2 Å². The first-order valence-electron chi connectivity index (χ1n) is 12.0. The van der Waals surface area contributed by atoms with Crippen LogP contribution in [-0.4, -0.2) is 31.5 Å². The van der Waals surface area contributed by atoms with Crippen molar-refractivity contribution in [1.82, 2.24) is 19.9 Å². The molecule has 1 fully saturated rings. The fourth-order valence-corrected chi connectivity index (χ4v) is 7.11. The van der Waals surface area contributed by atoms with E-state index in [4.69, 9.17) is 21.1 Å². The first-order valence-corrected chi connectivity index (χ1v) is 13.2. The highest BCUT2D eigenvalue weighted by atomic mass is 35.5. The fraction of sp³-hybridized carbons (Fsp3) is 0.346. The first kappa shape index (κ1) is 21.9. The predicted octanol–water partition coefficient (Wildman–Crippen LogP) is 5.09. The zero-order valence-electron chi connectivity index (χ0n) is 20.1. The molecule has 1 saturated carbocycles. The number of aromatic nitrogens is 4. The standard InChI is InChI=1S/C26H23ClN6O2S/c1-12-21(13(2)35-32-12)28-23(34)15-10-17-19(11-15)36-24-20(17)22(16-6-4-5-7-18(16)27)29-26(8-9-26)25-31-30-14(3)33(24)25/h4-7,15H,8-11H2,1-3H3,(H,28,34)/t15-/m0/s1. The van der Waals surface area contributed by atoms with E-state index in [0.29, 0.717) is 35.0 Å². The number of hydrogen-bond acceptors (Lipinski definition) is 7. The average molecular weight is 519 g/mol. The van der Waals surface area contributed by atoms with E-state index in [2.05, 4.69) is 25.2 Å². The molecule has 4 aromatic rings. The molecule has 1 spiro atoms. The summed E-state index contributed by atoms with van der Waals surface area (Å²) >= 11 is 8.44. The molecule has 0 saturated heterocycles. The number of nitrogens with one attached hydrogen (secondary N) is 1. The molecule has 4 heterocycles. The number of hydrogen-bond donors (Lipinski definition) is 1. The molecular weight excluding hydrogens is 496 g/mol. The minimum Gasteiger partial charge on any atom is -0.359 e. The zero-order chi connectivity index (χ0) is 24.8. The SMILES string of the molecule is Cc1noc(C)c1NC(=O)[C@@H]1Cc2sc3c(c2C1)C(c1ccccc1Cl)=NC1(CC1)c1nnc(C)n1-3. The monoisotopic (exact) mass is 518 g/mol. The van der Waals surface area contributed by atoms with Gasteiger partial charge in [-0.15, -0.1) is 21.5 Å². The third-order valence-corrected chi connectivity index (χ3v) is 9.04. The maximum Gasteiger partial charge on any atom is 0.228 e. The van der Waals surface area contributed by atoms with Crippen LogP contribution in [0.2, 0.25) is 5.02 Å². The molecule has 10 heteroatoms. The topological polar surface area (TPSA) is 98.2 Å². The number of carbonyl (C=O) groups excluding carboxylic acids is 1. The Bertz CT molecular complexity index is 1590. The lowest BCUT2D eigenvalue weighted by Crippen LogP contribution is -2.24. The van der Waals surface area contributed by atoms with Gasteiger partial charge in [-0.1, -0.05) is 35.0 Å². The van der Waals surface area contributed by atoms with Crippen LogP contribution in [0.4, 0.5) is 5.69 Å². The summed E-state index contributed by atoms with van der Waals surface area (Å²) < 4.78 is 7.40. The first-order chi connectivity index (χ1) is 17.4. The van der Waals surface area contributed by atoms with E-state index in [1.54, 1.807) is 18.3 Å². The summed E-state index contributed by atoms with van der Waals surface area (Å²) in [6, 6.07) is 7.86. The van der Waals surface area contributed by atoms with Crippen molar-refractivity contribution < 1.29 is 9.32 Å². The van der Waals surface area contributed by atoms with E-state index in [1.807, 2.05) is 38.1 Å². The lowest BCUT2D eigenvalue weighted by atomic mass is 9.97. The molecule has 8 nitrogen and oxygen atoms in total. The Balaban J connectivity index is 1.35. The molecule has 0 unspecified atom stereocenters. The van der Waals surface area contributed by atoms with Crippen molar-refractivity contribution in [2.75, 3.05) is 5.32 Å². The molecule has 0 radical (unpaired) electrons. The van der Waals surface area contributed by atoms with E-state index in [0.717, 1.165) is 46.3 Å². The number of rotatable bonds is 3. The van der Waals surface area contributed by atoms with Gasteiger partial charge in [0.15, 0.2) is 11.6 Å². The highest BCUT2D eigenvalue weighted by Crippen LogP contribution is 2.54. The largest absolute Gasteiger partial charge is 0.359 e. The molecule has 182 valence electrons. The van der Waals surface area contributed by atoms with Crippen LogP contribution >= 0.6 is 22.9 Å². The van der Waals surface area contributed by atoms with Crippen molar-refractivity contribution in [3.8, 4) is 5.00 Å². The van der Waals surface area contributed by atoms with Gasteiger partial charge in [-0.3, -0.25) is 14.4 Å². The maximum atomic E-state index is 13.3. The molecule has 0 bridgehead atoms. The van der Waals surface area contributed by atoms with E-state index >= 15 is 0 Å². The predicted molar refractivity (Wildman–Crippen MR) is 137 cm³/mol. The van der Waals surface area contributed by atoms with E-state index < -0.39 is 0 Å². The highest BCUT2D eigenvalue weighted by Gasteiger charge is 2.52. The number of halogens is 1. The van der Waals surface area contributed by atoms with Gasteiger partial charge in [-0.25, -0.2) is 0 Å². The molecule has 7 rings (SSSR count). The molecule has 1 aliphatic heterocycles. The Kier molecular flexibility index (Phi) is 4.63. The van der Waals surface area contributed by atoms with Crippen molar-refractivity contribution in [3.63, 3.8) is 0 Å². The Morgan fingerprint density at radius 2 is 2.00 bits per heavy atom. The molecule has 1 N–H and O–H groups in total. The minimum atomic E-state index is -0.375. The lowest BCUT2D eigenvalue weighted by molar-refractivity contribution is -0.119. The number of carbonyl (C=O) groups is 1. The maximum absolute atomic E-state index is 13.3. The van der Waals surface area contributed by atoms with Gasteiger partial charge in [0.05, 0.1) is 5.71 Å². The van der Waals surface area contributed by atoms with Crippen molar-refractivity contribution in [2.45, 2.75) is 52.0 Å². The van der Waals surface area contributed by atoms with Crippen molar-refractivity contribution in [2.24, 2.45) is 10.9 Å². The number of anilines is 1. The molecule has 1 amide bonds. The highest BCUT2D eigenvalue weighted by molar-refractivity contribution is 7.15. The molecule has 2 aliphatic carbocycles. The Hall–Kier alpha value is -3.30. The number of aryl methyl sites for hydroxylation is 3. The van der Waals surface area contributed by atoms with Gasteiger partial charge >= 0.3 is 0 Å². The molecule has 36 heavy (non-hydrogen) atoms. The third-order valence-electron chi connectivity index (χ3n) is 7.47. The summed E-state index contributed by atoms with van der Waals surface area (Å²) in [5, 5.41) is 17.7. The molecule has 1 aromatic carbocycles. The molecule has 1 atom stereocenters. The summed E-state index contributed by atoms with van der Waals surface area (Å²) in [6.45, 7) is 5.62. The van der Waals surface area contributed by atoms with Gasteiger partial charge in [-0.2, -0.15) is 0 Å². The summed E-state index contributed by atoms with van der Waals surface area (Å²) in [6.07, 6.45) is 3.15. The number of fused-ring (bicyclic) bond motifs is 6. The number of thiophene rings is 1. The number of nitrogens with zero attached hydrogens (tertiary/aromatic N) is 5. The second kappa shape index (κ2) is 7.60. The molecule has 3 aromatic heterocycles. The Morgan fingerprint density at radius 1 is 1.19 bits per heavy atom. The number of aliphatic imine (C=N–C) groups is 1. The van der Waals surface area contributed by atoms with Gasteiger partial charge in [0.2, 0.25) is 5.91 Å². The summed E-state index contributed by atoms with van der Waals surface area (Å²) in [5.41, 5.74) is 5.00. The normalized spacial score (nSPS) is 18.9. The van der Waals surface area contributed by atoms with Crippen LogP contribution < -0.4 is 5.32 Å². The summed E-state index contributed by atoms with van der Waals surface area (Å²) in [4.78, 5) is 19.8. The van der Waals surface area contributed by atoms with E-state index in [-0.39, 0.29) is 17.4 Å². The van der Waals surface area contributed by atoms with Crippen molar-refractivity contribution in [3.05, 3.63) is 74.0 Å². The van der Waals surface area contributed by atoms with Gasteiger partial charge in [0.1, 0.15) is 27.7 Å². The second-order valence-corrected chi connectivity index (χ2v) is 11.3. The third kappa shape index (κ3) is 3.08. The van der Waals surface area contributed by atoms with Crippen LogP contribution in [0.1, 0.15) is 57.5 Å². The van der Waals surface area contributed by atoms with Crippen LogP contribution in [0.25, 0.3) is 5.00 Å². The molecule has 3 aliphatic rings. The van der Waals surface area contributed by atoms with Crippen LogP contribution in [0.5, 0.6) is 0 Å². The smallest absolute Gasteiger partial charge is 0.228 e. The van der Waals surface area contributed by atoms with Gasteiger partial charge in [-0.05, 0) is 58.1 Å². The van der Waals surface area contributed by atoms with Crippen LogP contribution in [0.3, 0.4) is 0 Å². The average Bonchev–Trinajstić information content (AvgIpc) is 3.08. The molecular formula is C26H23ClN6O2S. The van der Waals surface area contributed by atoms with Gasteiger partial charge in [0, 0.05) is 26.9 Å². The summed E-state index contributed by atoms with van der Waals surface area (Å²) in [7, 11) is 0. The van der Waals surface area contributed by atoms with Crippen molar-refractivity contribution in [1.29, 1.82) is 0 Å². The van der Waals surface area contributed by atoms with E-state index in [9.17, 15) is 4.79 Å². The van der Waals surface area contributed by atoms with Crippen LogP contribution in [0, 0.1) is 26.7 Å². The van der Waals surface area contributed by atoms with E-state index in [1.165, 1.54) is 10.4 Å². The van der Waals surface area contributed by atoms with Gasteiger partial charge in [0.25, 0.3) is 0 Å². The minimum absolute atomic E-state index is 0.0220. The van der Waals surface area contributed by atoms with Gasteiger partial charge < -0.3 is 9.84 Å². The quantitative estimate of drug-likeness (QED) is 0.407. The number of benzene rings is 1. The Labute approximate surface area is 216 Å². The van der Waals surface area contributed by atoms with Crippen LogP contribution in [0.15, 0.2) is 33.8 Å². The summed E-state index contributed by atoms with van der Waals surface area (Å²) in [5.74, 6) is 2.15. The zero-order valence-corrected chi connectivity index (χ0v) is 21.6. The Morgan fingerprint density at radius 3 is 2.72 bits per heavy atom.